The lowest BCUT2D eigenvalue weighted by Crippen LogP contribution is -2.51. The molecule has 3 heterocycles. The number of pyridine rings is 1. The monoisotopic (exact) mass is 363 g/mol. The number of aliphatic hydroxyl groups excluding tert-OH is 1. The van der Waals surface area contributed by atoms with Crippen molar-refractivity contribution in [1.82, 2.24) is 4.98 Å². The van der Waals surface area contributed by atoms with E-state index < -0.39 is 29.8 Å². The summed E-state index contributed by atoms with van der Waals surface area (Å²) in [6.07, 6.45) is -0.884. The van der Waals surface area contributed by atoms with Gasteiger partial charge in [-0.25, -0.2) is 14.4 Å². The number of aliphatic hydroxyl groups is 2. The summed E-state index contributed by atoms with van der Waals surface area (Å²) in [5.74, 6) is -2.57. The molecule has 4 N–H and O–H groups in total. The first kappa shape index (κ1) is 16.9. The molecule has 3 fully saturated rings. The molecule has 0 aromatic carbocycles. The standard InChI is InChI=1S/C16H17N3O7/c17-6-8-4-7-5-10(7)19(8)9-2-1-3-18-11(9)16(24)12(20)13(21)25-15(23)26-14(16)22/h1-3,7-8,10,12,20,24H,4-6,17H2. The van der Waals surface area contributed by atoms with E-state index >= 15 is 0 Å². The second kappa shape index (κ2) is 5.73. The van der Waals surface area contributed by atoms with Crippen molar-refractivity contribution in [3.8, 4) is 0 Å². The number of cyclic esters (lactones) is 4. The lowest BCUT2D eigenvalue weighted by Gasteiger charge is -2.34. The molecule has 10 heteroatoms. The Morgan fingerprint density at radius 3 is 2.81 bits per heavy atom. The van der Waals surface area contributed by atoms with Gasteiger partial charge in [-0.15, -0.1) is 0 Å². The number of hydrogen-bond donors (Lipinski definition) is 3. The van der Waals surface area contributed by atoms with Crippen LogP contribution in [-0.4, -0.2) is 58.0 Å². The number of hydrogen-bond acceptors (Lipinski definition) is 10. The smallest absolute Gasteiger partial charge is 0.378 e. The maximum atomic E-state index is 12.3. The van der Waals surface area contributed by atoms with E-state index in [-0.39, 0.29) is 17.8 Å². The van der Waals surface area contributed by atoms with Gasteiger partial charge in [0, 0.05) is 24.8 Å². The molecule has 0 bridgehead atoms. The summed E-state index contributed by atoms with van der Waals surface area (Å²) < 4.78 is 8.47. The molecular weight excluding hydrogens is 346 g/mol. The van der Waals surface area contributed by atoms with E-state index in [0.29, 0.717) is 18.2 Å². The molecule has 3 aliphatic rings. The van der Waals surface area contributed by atoms with E-state index in [1.54, 1.807) is 12.1 Å². The molecule has 2 saturated heterocycles. The van der Waals surface area contributed by atoms with Crippen LogP contribution in [0.15, 0.2) is 18.3 Å². The Hall–Kier alpha value is -2.56. The zero-order chi connectivity index (χ0) is 18.6. The highest BCUT2D eigenvalue weighted by atomic mass is 16.8. The number of fused-ring (bicyclic) bond motifs is 1. The largest absolute Gasteiger partial charge is 0.524 e. The zero-order valence-electron chi connectivity index (χ0n) is 13.6. The quantitative estimate of drug-likeness (QED) is 0.440. The van der Waals surface area contributed by atoms with E-state index in [9.17, 15) is 24.6 Å². The highest BCUT2D eigenvalue weighted by Crippen LogP contribution is 2.51. The van der Waals surface area contributed by atoms with Crippen LogP contribution in [0.1, 0.15) is 18.5 Å². The number of carbonyl (C=O) groups excluding carboxylic acids is 3. The third-order valence-electron chi connectivity index (χ3n) is 5.20. The fourth-order valence-electron chi connectivity index (χ4n) is 3.86. The molecule has 1 aliphatic carbocycles. The molecule has 4 rings (SSSR count). The average Bonchev–Trinajstić information content (AvgIpc) is 3.30. The molecule has 5 unspecified atom stereocenters. The maximum Gasteiger partial charge on any atom is 0.524 e. The first-order chi connectivity index (χ1) is 12.4. The van der Waals surface area contributed by atoms with Crippen LogP contribution < -0.4 is 10.6 Å². The van der Waals surface area contributed by atoms with Gasteiger partial charge >= 0.3 is 18.1 Å². The minimum Gasteiger partial charge on any atom is -0.378 e. The average molecular weight is 363 g/mol. The first-order valence-corrected chi connectivity index (χ1v) is 8.20. The van der Waals surface area contributed by atoms with Crippen molar-refractivity contribution in [1.29, 1.82) is 0 Å². The van der Waals surface area contributed by atoms with Crippen LogP contribution in [0.3, 0.4) is 0 Å². The number of ether oxygens (including phenoxy) is 2. The van der Waals surface area contributed by atoms with Crippen molar-refractivity contribution in [2.24, 2.45) is 11.7 Å². The molecule has 5 atom stereocenters. The molecule has 10 nitrogen and oxygen atoms in total. The van der Waals surface area contributed by atoms with Crippen LogP contribution in [0.4, 0.5) is 10.5 Å². The lowest BCUT2D eigenvalue weighted by atomic mass is 9.90. The third-order valence-corrected chi connectivity index (χ3v) is 5.20. The molecule has 1 aromatic heterocycles. The molecule has 0 spiro atoms. The van der Waals surface area contributed by atoms with Crippen molar-refractivity contribution in [2.45, 2.75) is 36.6 Å². The SMILES string of the molecule is NCC1CC2CC2N1c1cccnc1C1(O)C(=O)OC(=O)OC(=O)C1O. The first-order valence-electron chi connectivity index (χ1n) is 8.20. The number of carbonyl (C=O) groups is 3. The minimum atomic E-state index is -2.88. The number of aromatic nitrogens is 1. The summed E-state index contributed by atoms with van der Waals surface area (Å²) in [6.45, 7) is 0.354. The molecule has 2 aliphatic heterocycles. The van der Waals surface area contributed by atoms with Gasteiger partial charge in [0.25, 0.3) is 0 Å². The van der Waals surface area contributed by atoms with Crippen molar-refractivity contribution < 1.29 is 34.1 Å². The number of anilines is 1. The van der Waals surface area contributed by atoms with Gasteiger partial charge in [-0.2, -0.15) is 0 Å². The topological polar surface area (TPSA) is 152 Å². The van der Waals surface area contributed by atoms with Gasteiger partial charge in [0.2, 0.25) is 5.60 Å². The highest BCUT2D eigenvalue weighted by Gasteiger charge is 2.59. The van der Waals surface area contributed by atoms with E-state index in [4.69, 9.17) is 5.73 Å². The van der Waals surface area contributed by atoms with Gasteiger partial charge in [0.1, 0.15) is 5.69 Å². The summed E-state index contributed by atoms with van der Waals surface area (Å²) in [5, 5.41) is 21.2. The molecule has 0 radical (unpaired) electrons. The summed E-state index contributed by atoms with van der Waals surface area (Å²) >= 11 is 0. The zero-order valence-corrected chi connectivity index (χ0v) is 13.6. The second-order valence-corrected chi connectivity index (χ2v) is 6.70. The van der Waals surface area contributed by atoms with Crippen LogP contribution in [0, 0.1) is 5.92 Å². The Morgan fingerprint density at radius 1 is 1.31 bits per heavy atom. The predicted octanol–water partition coefficient (Wildman–Crippen LogP) is -1.22. The van der Waals surface area contributed by atoms with Gasteiger partial charge < -0.3 is 30.3 Å². The number of piperidine rings is 1. The predicted molar refractivity (Wildman–Crippen MR) is 83.6 cm³/mol. The Labute approximate surface area is 147 Å². The number of rotatable bonds is 3. The Balaban J connectivity index is 1.83. The number of nitrogens with two attached hydrogens (primary N) is 1. The molecule has 0 amide bonds. The Morgan fingerprint density at radius 2 is 2.08 bits per heavy atom. The van der Waals surface area contributed by atoms with Gasteiger partial charge in [-0.1, -0.05) is 0 Å². The minimum absolute atomic E-state index is 0.0298. The van der Waals surface area contributed by atoms with Crippen LogP contribution in [0.25, 0.3) is 0 Å². The van der Waals surface area contributed by atoms with E-state index in [2.05, 4.69) is 14.5 Å². The normalized spacial score (nSPS) is 36.3. The van der Waals surface area contributed by atoms with E-state index in [1.807, 2.05) is 4.90 Å². The molecule has 26 heavy (non-hydrogen) atoms. The second-order valence-electron chi connectivity index (χ2n) is 6.70. The summed E-state index contributed by atoms with van der Waals surface area (Å²) in [7, 11) is 0. The van der Waals surface area contributed by atoms with Crippen molar-refractivity contribution in [3.05, 3.63) is 24.0 Å². The fourth-order valence-corrected chi connectivity index (χ4v) is 3.86. The van der Waals surface area contributed by atoms with Crippen LogP contribution in [0.5, 0.6) is 0 Å². The Bertz CT molecular complexity index is 800. The van der Waals surface area contributed by atoms with Gasteiger partial charge in [0.15, 0.2) is 6.10 Å². The molecule has 1 saturated carbocycles. The summed E-state index contributed by atoms with van der Waals surface area (Å²) in [6, 6.07) is 3.37. The number of esters is 2. The van der Waals surface area contributed by atoms with Crippen molar-refractivity contribution >= 4 is 23.8 Å². The highest BCUT2D eigenvalue weighted by molar-refractivity contribution is 6.01. The summed E-state index contributed by atoms with van der Waals surface area (Å²) in [4.78, 5) is 41.5. The number of nitrogens with zero attached hydrogens (tertiary/aromatic N) is 2. The van der Waals surface area contributed by atoms with Crippen LogP contribution >= 0.6 is 0 Å². The molecular formula is C16H17N3O7. The molecule has 138 valence electrons. The Kier molecular flexibility index (Phi) is 3.72. The van der Waals surface area contributed by atoms with Crippen LogP contribution in [-0.2, 0) is 24.7 Å². The van der Waals surface area contributed by atoms with E-state index in [0.717, 1.165) is 12.8 Å². The van der Waals surface area contributed by atoms with Crippen LogP contribution in [0.2, 0.25) is 0 Å². The summed E-state index contributed by atoms with van der Waals surface area (Å²) in [5.41, 5.74) is 3.03. The lowest BCUT2D eigenvalue weighted by molar-refractivity contribution is -0.176. The molecule has 1 aromatic rings. The van der Waals surface area contributed by atoms with Gasteiger partial charge in [0.05, 0.1) is 5.69 Å². The van der Waals surface area contributed by atoms with Gasteiger partial charge in [-0.05, 0) is 30.9 Å². The fraction of sp³-hybridized carbons (Fsp3) is 0.500. The van der Waals surface area contributed by atoms with Crippen molar-refractivity contribution in [3.63, 3.8) is 0 Å². The van der Waals surface area contributed by atoms with Crippen molar-refractivity contribution in [2.75, 3.05) is 11.4 Å². The third kappa shape index (κ3) is 2.30. The van der Waals surface area contributed by atoms with Gasteiger partial charge in [-0.3, -0.25) is 4.98 Å². The van der Waals surface area contributed by atoms with E-state index in [1.165, 1.54) is 6.20 Å². The maximum absolute atomic E-state index is 12.3.